The highest BCUT2D eigenvalue weighted by Crippen LogP contribution is 2.47. The van der Waals surface area contributed by atoms with Crippen molar-refractivity contribution in [3.63, 3.8) is 0 Å². The van der Waals surface area contributed by atoms with Crippen LogP contribution in [-0.4, -0.2) is 30.9 Å². The molecule has 2 unspecified atom stereocenters. The van der Waals surface area contributed by atoms with E-state index in [-0.39, 0.29) is 0 Å². The third-order valence-electron chi connectivity index (χ3n) is 5.70. The second kappa shape index (κ2) is 7.31. The molecule has 0 saturated heterocycles. The van der Waals surface area contributed by atoms with Crippen LogP contribution in [0.2, 0.25) is 0 Å². The lowest BCUT2D eigenvalue weighted by molar-refractivity contribution is 0.0553. The molecule has 0 aliphatic heterocycles. The molecule has 30 heavy (non-hydrogen) atoms. The molecule has 2 aromatic heterocycles. The third-order valence-corrected chi connectivity index (χ3v) is 6.69. The van der Waals surface area contributed by atoms with Crippen LogP contribution in [0, 0.1) is 0 Å². The van der Waals surface area contributed by atoms with E-state index in [4.69, 9.17) is 0 Å². The largest absolute Gasteiger partial charge is 0.377 e. The first kappa shape index (κ1) is 18.9. The zero-order valence-electron chi connectivity index (χ0n) is 16.8. The second-order valence-electron chi connectivity index (χ2n) is 7.41. The van der Waals surface area contributed by atoms with E-state index in [9.17, 15) is 5.11 Å². The van der Waals surface area contributed by atoms with E-state index in [1.54, 1.807) is 11.8 Å². The lowest BCUT2D eigenvalue weighted by Crippen LogP contribution is -2.37. The summed E-state index contributed by atoms with van der Waals surface area (Å²) >= 11 is 1.56. The van der Waals surface area contributed by atoms with Gasteiger partial charge in [0.15, 0.2) is 0 Å². The number of rotatable bonds is 5. The highest BCUT2D eigenvalue weighted by molar-refractivity contribution is 7.98. The molecule has 0 amide bonds. The topological polar surface area (TPSA) is 55.9 Å². The molecule has 5 rings (SSSR count). The van der Waals surface area contributed by atoms with Gasteiger partial charge in [-0.1, -0.05) is 65.9 Å². The van der Waals surface area contributed by atoms with Crippen LogP contribution in [0.5, 0.6) is 0 Å². The highest BCUT2D eigenvalue weighted by atomic mass is 32.2. The Kier molecular flexibility index (Phi) is 4.60. The van der Waals surface area contributed by atoms with Gasteiger partial charge >= 0.3 is 0 Å². The minimum absolute atomic E-state index is 0.418. The maximum Gasteiger partial charge on any atom is 0.148 e. The second-order valence-corrected chi connectivity index (χ2v) is 8.33. The van der Waals surface area contributed by atoms with Crippen LogP contribution >= 0.6 is 11.8 Å². The van der Waals surface area contributed by atoms with Crippen molar-refractivity contribution in [3.8, 4) is 0 Å². The Labute approximate surface area is 179 Å². The molecular formula is C24H22N4OS. The predicted octanol–water partition coefficient (Wildman–Crippen LogP) is 4.72. The molecule has 5 nitrogen and oxygen atoms in total. The molecule has 2 heterocycles. The van der Waals surface area contributed by atoms with Gasteiger partial charge in [0.25, 0.3) is 0 Å². The Morgan fingerprint density at radius 3 is 2.33 bits per heavy atom. The molecule has 6 heteroatoms. The molecule has 5 aromatic rings. The maximum atomic E-state index is 12.5. The summed E-state index contributed by atoms with van der Waals surface area (Å²) in [5.41, 5.74) is 3.13. The highest BCUT2D eigenvalue weighted by Gasteiger charge is 2.44. The Hall–Kier alpha value is -3.09. The van der Waals surface area contributed by atoms with Crippen molar-refractivity contribution in [2.75, 3.05) is 6.26 Å². The molecule has 0 saturated carbocycles. The van der Waals surface area contributed by atoms with Gasteiger partial charge in [0.05, 0.1) is 5.52 Å². The zero-order chi connectivity index (χ0) is 20.7. The minimum Gasteiger partial charge on any atom is -0.377 e. The summed E-state index contributed by atoms with van der Waals surface area (Å²) in [4.78, 5) is 0. The van der Waals surface area contributed by atoms with Gasteiger partial charge in [0.2, 0.25) is 0 Å². The van der Waals surface area contributed by atoms with Gasteiger partial charge < -0.3 is 9.67 Å². The number of aromatic nitrogens is 4. The van der Waals surface area contributed by atoms with Gasteiger partial charge in [0.1, 0.15) is 16.5 Å². The van der Waals surface area contributed by atoms with Crippen LogP contribution in [0.4, 0.5) is 0 Å². The molecule has 0 aliphatic rings. The zero-order valence-corrected chi connectivity index (χ0v) is 17.6. The fourth-order valence-electron chi connectivity index (χ4n) is 4.28. The Morgan fingerprint density at radius 2 is 1.57 bits per heavy atom. The van der Waals surface area contributed by atoms with E-state index in [1.807, 2.05) is 90.9 Å². The smallest absolute Gasteiger partial charge is 0.148 e. The van der Waals surface area contributed by atoms with Crippen LogP contribution in [0.3, 0.4) is 0 Å². The van der Waals surface area contributed by atoms with Crippen LogP contribution in [0.25, 0.3) is 21.9 Å². The average molecular weight is 415 g/mol. The summed E-state index contributed by atoms with van der Waals surface area (Å²) < 4.78 is 3.91. The maximum absolute atomic E-state index is 12.5. The molecule has 150 valence electrons. The summed E-state index contributed by atoms with van der Waals surface area (Å²) in [5.74, 6) is 0. The quantitative estimate of drug-likeness (QED) is 0.452. The van der Waals surface area contributed by atoms with Gasteiger partial charge in [-0.3, -0.25) is 0 Å². The van der Waals surface area contributed by atoms with Crippen molar-refractivity contribution in [1.29, 1.82) is 0 Å². The SMILES string of the molecule is CSC(n1nnc2ccccc21)C(O)(c1ccccc1)c1cn(C)c2ccccc12. The standard InChI is InChI=1S/C24H22N4OS/c1-27-16-19(18-12-6-8-14-21(18)27)24(29,17-10-4-3-5-11-17)23(30-2)28-22-15-9-7-13-20(22)25-26-28/h3-16,23,29H,1-2H3. The number of nitrogens with zero attached hydrogens (tertiary/aromatic N) is 4. The van der Waals surface area contributed by atoms with Crippen molar-refractivity contribution < 1.29 is 5.11 Å². The summed E-state index contributed by atoms with van der Waals surface area (Å²) in [6, 6.07) is 25.9. The number of hydrogen-bond donors (Lipinski definition) is 1. The number of aliphatic hydroxyl groups is 1. The average Bonchev–Trinajstić information content (AvgIpc) is 3.37. The van der Waals surface area contributed by atoms with E-state index in [0.717, 1.165) is 33.1 Å². The van der Waals surface area contributed by atoms with Crippen molar-refractivity contribution in [3.05, 3.63) is 96.2 Å². The predicted molar refractivity (Wildman–Crippen MR) is 122 cm³/mol. The first-order valence-corrected chi connectivity index (χ1v) is 11.1. The van der Waals surface area contributed by atoms with E-state index in [1.165, 1.54) is 0 Å². The van der Waals surface area contributed by atoms with Gasteiger partial charge in [-0.25, -0.2) is 4.68 Å². The lowest BCUT2D eigenvalue weighted by atomic mass is 9.85. The number of thioether (sulfide) groups is 1. The molecule has 0 spiro atoms. The Morgan fingerprint density at radius 1 is 0.900 bits per heavy atom. The third kappa shape index (κ3) is 2.75. The molecule has 0 bridgehead atoms. The first-order chi connectivity index (χ1) is 14.6. The van der Waals surface area contributed by atoms with E-state index >= 15 is 0 Å². The number of benzene rings is 3. The van der Waals surface area contributed by atoms with E-state index < -0.39 is 11.0 Å². The molecule has 2 atom stereocenters. The van der Waals surface area contributed by atoms with Crippen molar-refractivity contribution in [1.82, 2.24) is 19.6 Å². The summed E-state index contributed by atoms with van der Waals surface area (Å²) in [6.45, 7) is 0. The van der Waals surface area contributed by atoms with Crippen LogP contribution in [0.1, 0.15) is 16.5 Å². The van der Waals surface area contributed by atoms with Crippen molar-refractivity contribution >= 4 is 33.7 Å². The van der Waals surface area contributed by atoms with Crippen LogP contribution < -0.4 is 0 Å². The molecular weight excluding hydrogens is 392 g/mol. The molecule has 0 radical (unpaired) electrons. The number of hydrogen-bond acceptors (Lipinski definition) is 4. The van der Waals surface area contributed by atoms with Crippen LogP contribution in [0.15, 0.2) is 85.1 Å². The monoisotopic (exact) mass is 414 g/mol. The molecule has 0 aliphatic carbocycles. The van der Waals surface area contributed by atoms with E-state index in [2.05, 4.69) is 27.0 Å². The summed E-state index contributed by atoms with van der Waals surface area (Å²) in [6.07, 6.45) is 4.03. The molecule has 0 fully saturated rings. The van der Waals surface area contributed by atoms with Gasteiger partial charge in [-0.2, -0.15) is 0 Å². The van der Waals surface area contributed by atoms with Crippen molar-refractivity contribution in [2.24, 2.45) is 7.05 Å². The normalized spacial score (nSPS) is 14.8. The van der Waals surface area contributed by atoms with Gasteiger partial charge in [-0.15, -0.1) is 16.9 Å². The Bertz CT molecular complexity index is 1330. The molecule has 1 N–H and O–H groups in total. The summed E-state index contributed by atoms with van der Waals surface area (Å²) in [5, 5.41) is 21.9. The number of aryl methyl sites for hydroxylation is 1. The number of fused-ring (bicyclic) bond motifs is 2. The van der Waals surface area contributed by atoms with Gasteiger partial charge in [-0.05, 0) is 30.0 Å². The fraction of sp³-hybridized carbons (Fsp3) is 0.167. The minimum atomic E-state index is -1.32. The first-order valence-electron chi connectivity index (χ1n) is 9.79. The van der Waals surface area contributed by atoms with Gasteiger partial charge in [0, 0.05) is 29.7 Å². The fourth-order valence-corrected chi connectivity index (χ4v) is 5.24. The van der Waals surface area contributed by atoms with Crippen LogP contribution in [-0.2, 0) is 12.6 Å². The Balaban J connectivity index is 1.82. The lowest BCUT2D eigenvalue weighted by Gasteiger charge is -2.36. The summed E-state index contributed by atoms with van der Waals surface area (Å²) in [7, 11) is 2.01. The van der Waals surface area contributed by atoms with Crippen molar-refractivity contribution in [2.45, 2.75) is 11.0 Å². The van der Waals surface area contributed by atoms with E-state index in [0.29, 0.717) is 0 Å². The number of para-hydroxylation sites is 2. The molecule has 3 aromatic carbocycles.